The van der Waals surface area contributed by atoms with Crippen LogP contribution in [0, 0.1) is 5.92 Å². The van der Waals surface area contributed by atoms with Gasteiger partial charge >= 0.3 is 0 Å². The number of carbonyl (C=O) groups excluding carboxylic acids is 1. The fourth-order valence-electron chi connectivity index (χ4n) is 2.48. The Hall–Kier alpha value is -1.06. The van der Waals surface area contributed by atoms with Gasteiger partial charge in [-0.1, -0.05) is 17.7 Å². The Morgan fingerprint density at radius 3 is 3.11 bits per heavy atom. The lowest BCUT2D eigenvalue weighted by molar-refractivity contribution is -0.117. The summed E-state index contributed by atoms with van der Waals surface area (Å²) in [5.41, 5.74) is 0.775. The van der Waals surface area contributed by atoms with Crippen molar-refractivity contribution in [3.8, 4) is 0 Å². The van der Waals surface area contributed by atoms with Crippen LogP contribution in [0.1, 0.15) is 19.3 Å². The maximum atomic E-state index is 11.9. The molecule has 1 aliphatic rings. The molecule has 1 aromatic carbocycles. The number of halogens is 1. The lowest BCUT2D eigenvalue weighted by atomic mass is 9.95. The summed E-state index contributed by atoms with van der Waals surface area (Å²) in [6.07, 6.45) is 2.93. The summed E-state index contributed by atoms with van der Waals surface area (Å²) in [6, 6.07) is 7.27. The maximum absolute atomic E-state index is 11.9. The van der Waals surface area contributed by atoms with Crippen LogP contribution in [0.5, 0.6) is 0 Å². The van der Waals surface area contributed by atoms with Crippen LogP contribution in [0.3, 0.4) is 0 Å². The van der Waals surface area contributed by atoms with Crippen LogP contribution in [0.25, 0.3) is 0 Å². The summed E-state index contributed by atoms with van der Waals surface area (Å²) >= 11 is 5.88. The highest BCUT2D eigenvalue weighted by Crippen LogP contribution is 2.20. The van der Waals surface area contributed by atoms with Crippen LogP contribution in [-0.4, -0.2) is 30.9 Å². The molecule has 1 saturated heterocycles. The van der Waals surface area contributed by atoms with Crippen molar-refractivity contribution in [2.24, 2.45) is 5.92 Å². The van der Waals surface area contributed by atoms with Crippen molar-refractivity contribution in [3.05, 3.63) is 29.3 Å². The van der Waals surface area contributed by atoms with E-state index in [2.05, 4.69) is 17.3 Å². The van der Waals surface area contributed by atoms with Gasteiger partial charge in [-0.3, -0.25) is 4.79 Å². The molecule has 1 atom stereocenters. The number of piperidine rings is 1. The Labute approximate surface area is 113 Å². The topological polar surface area (TPSA) is 32.3 Å². The number of hydrogen-bond donors (Lipinski definition) is 1. The summed E-state index contributed by atoms with van der Waals surface area (Å²) in [7, 11) is 2.11. The van der Waals surface area contributed by atoms with E-state index in [0.29, 0.717) is 17.4 Å². The lowest BCUT2D eigenvalue weighted by Crippen LogP contribution is -2.34. The molecule has 0 saturated carbocycles. The molecule has 0 bridgehead atoms. The zero-order valence-electron chi connectivity index (χ0n) is 10.7. The molecule has 1 heterocycles. The number of nitrogens with one attached hydrogen (secondary N) is 1. The number of likely N-dealkylation sites (tertiary alicyclic amines) is 1. The predicted octanol–water partition coefficient (Wildman–Crippen LogP) is 3.01. The van der Waals surface area contributed by atoms with Gasteiger partial charge in [-0.2, -0.15) is 0 Å². The maximum Gasteiger partial charge on any atom is 0.224 e. The minimum Gasteiger partial charge on any atom is -0.326 e. The van der Waals surface area contributed by atoms with Crippen molar-refractivity contribution in [2.45, 2.75) is 19.3 Å². The second-order valence-corrected chi connectivity index (χ2v) is 5.47. The zero-order valence-corrected chi connectivity index (χ0v) is 11.4. The number of anilines is 1. The van der Waals surface area contributed by atoms with Crippen molar-refractivity contribution in [1.82, 2.24) is 4.90 Å². The van der Waals surface area contributed by atoms with E-state index in [9.17, 15) is 4.79 Å². The van der Waals surface area contributed by atoms with Crippen molar-refractivity contribution >= 4 is 23.2 Å². The Kier molecular flexibility index (Phi) is 4.61. The van der Waals surface area contributed by atoms with E-state index in [0.717, 1.165) is 25.2 Å². The molecule has 0 aromatic heterocycles. The first-order valence-electron chi connectivity index (χ1n) is 6.37. The highest BCUT2D eigenvalue weighted by atomic mass is 35.5. The van der Waals surface area contributed by atoms with Crippen LogP contribution >= 0.6 is 11.6 Å². The van der Waals surface area contributed by atoms with Crippen molar-refractivity contribution in [3.63, 3.8) is 0 Å². The van der Waals surface area contributed by atoms with E-state index in [1.165, 1.54) is 6.42 Å². The summed E-state index contributed by atoms with van der Waals surface area (Å²) in [5, 5.41) is 3.55. The highest BCUT2D eigenvalue weighted by Gasteiger charge is 2.19. The van der Waals surface area contributed by atoms with Gasteiger partial charge in [0.2, 0.25) is 5.91 Å². The molecule has 1 amide bonds. The number of hydrogen-bond acceptors (Lipinski definition) is 2. The van der Waals surface area contributed by atoms with Crippen LogP contribution in [0.4, 0.5) is 5.69 Å². The van der Waals surface area contributed by atoms with Crippen molar-refractivity contribution in [1.29, 1.82) is 0 Å². The van der Waals surface area contributed by atoms with E-state index >= 15 is 0 Å². The molecule has 0 spiro atoms. The van der Waals surface area contributed by atoms with Gasteiger partial charge in [0.1, 0.15) is 0 Å². The van der Waals surface area contributed by atoms with Crippen LogP contribution in [0.15, 0.2) is 24.3 Å². The van der Waals surface area contributed by atoms with Gasteiger partial charge in [0.25, 0.3) is 0 Å². The van der Waals surface area contributed by atoms with E-state index in [4.69, 9.17) is 11.6 Å². The van der Waals surface area contributed by atoms with E-state index in [1.54, 1.807) is 12.1 Å². The molecule has 4 heteroatoms. The van der Waals surface area contributed by atoms with Gasteiger partial charge in [-0.05, 0) is 50.6 Å². The number of rotatable bonds is 3. The third-order valence-electron chi connectivity index (χ3n) is 3.30. The second kappa shape index (κ2) is 6.21. The molecule has 1 N–H and O–H groups in total. The van der Waals surface area contributed by atoms with Gasteiger partial charge in [0.15, 0.2) is 0 Å². The Morgan fingerprint density at radius 2 is 2.39 bits per heavy atom. The van der Waals surface area contributed by atoms with Crippen LogP contribution in [-0.2, 0) is 4.79 Å². The molecule has 1 unspecified atom stereocenters. The van der Waals surface area contributed by atoms with Gasteiger partial charge in [0.05, 0.1) is 0 Å². The fourth-order valence-corrected chi connectivity index (χ4v) is 2.67. The van der Waals surface area contributed by atoms with Gasteiger partial charge in [-0.15, -0.1) is 0 Å². The highest BCUT2D eigenvalue weighted by molar-refractivity contribution is 6.30. The zero-order chi connectivity index (χ0) is 13.0. The molecule has 3 nitrogen and oxygen atoms in total. The Balaban J connectivity index is 1.85. The summed E-state index contributed by atoms with van der Waals surface area (Å²) in [5.74, 6) is 0.556. The Bertz CT molecular complexity index is 422. The fraction of sp³-hybridized carbons (Fsp3) is 0.500. The molecule has 1 aliphatic heterocycles. The van der Waals surface area contributed by atoms with Crippen LogP contribution < -0.4 is 5.32 Å². The number of amides is 1. The standard InChI is InChI=1S/C14H19ClN2O/c1-17-7-3-4-11(10-17)8-14(18)16-13-6-2-5-12(15)9-13/h2,5-6,9,11H,3-4,7-8,10H2,1H3,(H,16,18). The monoisotopic (exact) mass is 266 g/mol. The van der Waals surface area contributed by atoms with E-state index in [1.807, 2.05) is 12.1 Å². The normalized spacial score (nSPS) is 20.7. The molecular formula is C14H19ClN2O. The SMILES string of the molecule is CN1CCCC(CC(=O)Nc2cccc(Cl)c2)C1. The molecule has 1 aromatic rings. The lowest BCUT2D eigenvalue weighted by Gasteiger charge is -2.29. The molecular weight excluding hydrogens is 248 g/mol. The molecule has 0 radical (unpaired) electrons. The molecule has 0 aliphatic carbocycles. The number of nitrogens with zero attached hydrogens (tertiary/aromatic N) is 1. The quantitative estimate of drug-likeness (QED) is 0.912. The molecule has 1 fully saturated rings. The molecule has 18 heavy (non-hydrogen) atoms. The molecule has 2 rings (SSSR count). The van der Waals surface area contributed by atoms with Crippen LogP contribution in [0.2, 0.25) is 5.02 Å². The summed E-state index contributed by atoms with van der Waals surface area (Å²) in [6.45, 7) is 2.16. The summed E-state index contributed by atoms with van der Waals surface area (Å²) < 4.78 is 0. The smallest absolute Gasteiger partial charge is 0.224 e. The predicted molar refractivity (Wildman–Crippen MR) is 74.9 cm³/mol. The van der Waals surface area contributed by atoms with E-state index in [-0.39, 0.29) is 5.91 Å². The summed E-state index contributed by atoms with van der Waals surface area (Å²) in [4.78, 5) is 14.2. The first-order valence-corrected chi connectivity index (χ1v) is 6.75. The average Bonchev–Trinajstić information content (AvgIpc) is 2.28. The van der Waals surface area contributed by atoms with Gasteiger partial charge in [0, 0.05) is 23.7 Å². The van der Waals surface area contributed by atoms with Gasteiger partial charge in [-0.25, -0.2) is 0 Å². The van der Waals surface area contributed by atoms with Crippen molar-refractivity contribution in [2.75, 3.05) is 25.5 Å². The number of carbonyl (C=O) groups is 1. The first kappa shape index (κ1) is 13.4. The first-order chi connectivity index (χ1) is 8.63. The van der Waals surface area contributed by atoms with Gasteiger partial charge < -0.3 is 10.2 Å². The minimum absolute atomic E-state index is 0.0811. The number of benzene rings is 1. The Morgan fingerprint density at radius 1 is 1.56 bits per heavy atom. The third-order valence-corrected chi connectivity index (χ3v) is 3.54. The largest absolute Gasteiger partial charge is 0.326 e. The van der Waals surface area contributed by atoms with Crippen molar-refractivity contribution < 1.29 is 4.79 Å². The third kappa shape index (κ3) is 4.00. The molecule has 98 valence electrons. The average molecular weight is 267 g/mol. The minimum atomic E-state index is 0.0811. The second-order valence-electron chi connectivity index (χ2n) is 5.03. The van der Waals surface area contributed by atoms with E-state index < -0.39 is 0 Å².